The minimum absolute atomic E-state index is 0.0499. The first kappa shape index (κ1) is 23.4. The van der Waals surface area contributed by atoms with Crippen LogP contribution in [0.2, 0.25) is 0 Å². The van der Waals surface area contributed by atoms with Crippen molar-refractivity contribution in [2.75, 3.05) is 34.5 Å². The highest BCUT2D eigenvalue weighted by Gasteiger charge is 2.34. The van der Waals surface area contributed by atoms with Crippen LogP contribution in [0.3, 0.4) is 0 Å². The van der Waals surface area contributed by atoms with Crippen LogP contribution in [-0.2, 0) is 16.0 Å². The van der Waals surface area contributed by atoms with E-state index < -0.39 is 6.04 Å². The largest absolute Gasteiger partial charge is 0.493 e. The number of rotatable bonds is 8. The third kappa shape index (κ3) is 5.15. The maximum absolute atomic E-state index is 13.5. The van der Waals surface area contributed by atoms with E-state index in [4.69, 9.17) is 18.9 Å². The molecule has 3 rings (SSSR count). The van der Waals surface area contributed by atoms with Gasteiger partial charge in [0, 0.05) is 12.1 Å². The molecule has 1 amide bonds. The summed E-state index contributed by atoms with van der Waals surface area (Å²) in [6, 6.07) is 10.5. The quantitative estimate of drug-likeness (QED) is 0.576. The lowest BCUT2D eigenvalue weighted by Gasteiger charge is -2.37. The van der Waals surface area contributed by atoms with Crippen molar-refractivity contribution < 1.29 is 28.5 Å². The van der Waals surface area contributed by atoms with Crippen LogP contribution in [0, 0.1) is 5.92 Å². The molecule has 1 unspecified atom stereocenters. The standard InChI is InChI=1S/C25H31NO6/c1-16(2)15-32-19-8-6-7-18(11-19)25(28)26-10-9-17-12-22(29-3)23(30-4)13-20(17)21(26)14-24(27)31-5/h6-8,11-13,16,21H,9-10,14-15H2,1-5H3. The van der Waals surface area contributed by atoms with Crippen LogP contribution in [0.25, 0.3) is 0 Å². The summed E-state index contributed by atoms with van der Waals surface area (Å²) in [5.74, 6) is 1.67. The van der Waals surface area contributed by atoms with Crippen molar-refractivity contribution in [1.82, 2.24) is 4.90 Å². The fraction of sp³-hybridized carbons (Fsp3) is 0.440. The summed E-state index contributed by atoms with van der Waals surface area (Å²) in [5.41, 5.74) is 2.40. The van der Waals surface area contributed by atoms with Gasteiger partial charge in [0.05, 0.1) is 40.4 Å². The highest BCUT2D eigenvalue weighted by Crippen LogP contribution is 2.40. The number of carbonyl (C=O) groups is 2. The molecule has 0 radical (unpaired) electrons. The van der Waals surface area contributed by atoms with Gasteiger partial charge in [-0.05, 0) is 53.8 Å². The van der Waals surface area contributed by atoms with E-state index in [1.54, 1.807) is 31.3 Å². The van der Waals surface area contributed by atoms with Gasteiger partial charge in [-0.3, -0.25) is 9.59 Å². The predicted octanol–water partition coefficient (Wildman–Crippen LogP) is 4.04. The fourth-order valence-electron chi connectivity index (χ4n) is 3.88. The van der Waals surface area contributed by atoms with Gasteiger partial charge >= 0.3 is 5.97 Å². The van der Waals surface area contributed by atoms with Gasteiger partial charge < -0.3 is 23.8 Å². The summed E-state index contributed by atoms with van der Waals surface area (Å²) < 4.78 is 21.6. The Morgan fingerprint density at radius 3 is 2.44 bits per heavy atom. The Bertz CT molecular complexity index is 971. The lowest BCUT2D eigenvalue weighted by Crippen LogP contribution is -2.41. The Morgan fingerprint density at radius 1 is 1.06 bits per heavy atom. The van der Waals surface area contributed by atoms with E-state index in [0.29, 0.717) is 48.3 Å². The Hall–Kier alpha value is -3.22. The second kappa shape index (κ2) is 10.4. The first-order valence-electron chi connectivity index (χ1n) is 10.7. The van der Waals surface area contributed by atoms with E-state index >= 15 is 0 Å². The van der Waals surface area contributed by atoms with Gasteiger partial charge in [-0.25, -0.2) is 0 Å². The monoisotopic (exact) mass is 441 g/mol. The fourth-order valence-corrected chi connectivity index (χ4v) is 3.88. The molecule has 1 atom stereocenters. The second-order valence-corrected chi connectivity index (χ2v) is 8.18. The topological polar surface area (TPSA) is 74.3 Å². The van der Waals surface area contributed by atoms with E-state index in [-0.39, 0.29) is 18.3 Å². The molecule has 1 heterocycles. The average molecular weight is 442 g/mol. The van der Waals surface area contributed by atoms with Gasteiger partial charge in [-0.15, -0.1) is 0 Å². The normalized spacial score (nSPS) is 15.2. The number of hydrogen-bond acceptors (Lipinski definition) is 6. The zero-order valence-electron chi connectivity index (χ0n) is 19.3. The molecule has 7 heteroatoms. The number of methoxy groups -OCH3 is 3. The van der Waals surface area contributed by atoms with Crippen molar-refractivity contribution in [3.63, 3.8) is 0 Å². The molecular formula is C25H31NO6. The molecule has 0 saturated carbocycles. The third-order valence-corrected chi connectivity index (χ3v) is 5.52. The van der Waals surface area contributed by atoms with Gasteiger partial charge in [0.15, 0.2) is 11.5 Å². The Morgan fingerprint density at radius 2 is 1.78 bits per heavy atom. The van der Waals surface area contributed by atoms with Crippen LogP contribution in [0.5, 0.6) is 17.2 Å². The minimum Gasteiger partial charge on any atom is -0.493 e. The molecule has 1 aliphatic heterocycles. The number of fused-ring (bicyclic) bond motifs is 1. The summed E-state index contributed by atoms with van der Waals surface area (Å²) in [4.78, 5) is 27.5. The first-order valence-corrected chi connectivity index (χ1v) is 10.7. The number of esters is 1. The average Bonchev–Trinajstić information content (AvgIpc) is 2.81. The van der Waals surface area contributed by atoms with Crippen molar-refractivity contribution in [3.8, 4) is 17.2 Å². The number of amides is 1. The van der Waals surface area contributed by atoms with E-state index in [2.05, 4.69) is 13.8 Å². The molecule has 0 spiro atoms. The Labute approximate surface area is 189 Å². The molecular weight excluding hydrogens is 410 g/mol. The lowest BCUT2D eigenvalue weighted by atomic mass is 9.89. The van der Waals surface area contributed by atoms with Crippen molar-refractivity contribution >= 4 is 11.9 Å². The van der Waals surface area contributed by atoms with Crippen LogP contribution >= 0.6 is 0 Å². The number of carbonyl (C=O) groups excluding carboxylic acids is 2. The van der Waals surface area contributed by atoms with Gasteiger partial charge in [0.25, 0.3) is 5.91 Å². The summed E-state index contributed by atoms with van der Waals surface area (Å²) in [6.07, 6.45) is 0.691. The predicted molar refractivity (Wildman–Crippen MR) is 120 cm³/mol. The highest BCUT2D eigenvalue weighted by molar-refractivity contribution is 5.95. The molecule has 7 nitrogen and oxygen atoms in total. The Balaban J connectivity index is 1.96. The first-order chi connectivity index (χ1) is 15.4. The molecule has 1 aliphatic rings. The molecule has 32 heavy (non-hydrogen) atoms. The van der Waals surface area contributed by atoms with E-state index in [9.17, 15) is 9.59 Å². The molecule has 0 aromatic heterocycles. The van der Waals surface area contributed by atoms with Crippen molar-refractivity contribution in [3.05, 3.63) is 53.1 Å². The van der Waals surface area contributed by atoms with Crippen LogP contribution < -0.4 is 14.2 Å². The van der Waals surface area contributed by atoms with Gasteiger partial charge in [-0.1, -0.05) is 19.9 Å². The molecule has 0 fully saturated rings. The van der Waals surface area contributed by atoms with Gasteiger partial charge in [0.1, 0.15) is 5.75 Å². The van der Waals surface area contributed by atoms with E-state index in [1.165, 1.54) is 7.11 Å². The molecule has 0 aliphatic carbocycles. The van der Waals surface area contributed by atoms with Crippen LogP contribution in [-0.4, -0.2) is 51.3 Å². The summed E-state index contributed by atoms with van der Waals surface area (Å²) in [6.45, 7) is 5.18. The SMILES string of the molecule is COC(=O)CC1c2cc(OC)c(OC)cc2CCN1C(=O)c1cccc(OCC(C)C)c1. The number of nitrogens with zero attached hydrogens (tertiary/aromatic N) is 1. The summed E-state index contributed by atoms with van der Waals surface area (Å²) in [7, 11) is 4.50. The van der Waals surface area contributed by atoms with Gasteiger partial charge in [-0.2, -0.15) is 0 Å². The smallest absolute Gasteiger partial charge is 0.307 e. The van der Waals surface area contributed by atoms with Crippen LogP contribution in [0.4, 0.5) is 0 Å². The van der Waals surface area contributed by atoms with Crippen LogP contribution in [0.15, 0.2) is 36.4 Å². The molecule has 0 saturated heterocycles. The van der Waals surface area contributed by atoms with Gasteiger partial charge in [0.2, 0.25) is 0 Å². The Kier molecular flexibility index (Phi) is 7.62. The van der Waals surface area contributed by atoms with Crippen LogP contribution in [0.1, 0.15) is 47.8 Å². The molecule has 2 aromatic carbocycles. The van der Waals surface area contributed by atoms with Crippen molar-refractivity contribution in [2.45, 2.75) is 32.7 Å². The molecule has 172 valence electrons. The zero-order valence-corrected chi connectivity index (χ0v) is 19.3. The minimum atomic E-state index is -0.473. The second-order valence-electron chi connectivity index (χ2n) is 8.18. The number of benzene rings is 2. The zero-order chi connectivity index (χ0) is 23.3. The molecule has 0 bridgehead atoms. The number of hydrogen-bond donors (Lipinski definition) is 0. The highest BCUT2D eigenvalue weighted by atomic mass is 16.5. The molecule has 0 N–H and O–H groups in total. The van der Waals surface area contributed by atoms with Crippen molar-refractivity contribution in [2.24, 2.45) is 5.92 Å². The summed E-state index contributed by atoms with van der Waals surface area (Å²) >= 11 is 0. The maximum Gasteiger partial charge on any atom is 0.307 e. The lowest BCUT2D eigenvalue weighted by molar-refractivity contribution is -0.141. The summed E-state index contributed by atoms with van der Waals surface area (Å²) in [5, 5.41) is 0. The number of ether oxygens (including phenoxy) is 4. The molecule has 2 aromatic rings. The third-order valence-electron chi connectivity index (χ3n) is 5.52. The van der Waals surface area contributed by atoms with Crippen molar-refractivity contribution in [1.29, 1.82) is 0 Å². The maximum atomic E-state index is 13.5. The van der Waals surface area contributed by atoms with E-state index in [1.807, 2.05) is 24.3 Å². The van der Waals surface area contributed by atoms with E-state index in [0.717, 1.165) is 11.1 Å².